The van der Waals surface area contributed by atoms with E-state index in [0.29, 0.717) is 13.3 Å². The Kier molecular flexibility index (Phi) is 3.95. The molecule has 0 aliphatic carbocycles. The van der Waals surface area contributed by atoms with Gasteiger partial charge in [0.2, 0.25) is 0 Å². The summed E-state index contributed by atoms with van der Waals surface area (Å²) in [5.41, 5.74) is 1.66. The molecule has 1 rings (SSSR count). The second-order valence-corrected chi connectivity index (χ2v) is 3.28. The lowest BCUT2D eigenvalue weighted by atomic mass is 10.0. The number of ether oxygens (including phenoxy) is 1. The van der Waals surface area contributed by atoms with Crippen LogP contribution >= 0.6 is 0 Å². The summed E-state index contributed by atoms with van der Waals surface area (Å²) in [5, 5.41) is 6.32. The molecule has 1 aliphatic heterocycles. The van der Waals surface area contributed by atoms with Crippen molar-refractivity contribution in [3.05, 3.63) is 11.3 Å². The summed E-state index contributed by atoms with van der Waals surface area (Å²) < 4.78 is 5.01. The summed E-state index contributed by atoms with van der Waals surface area (Å²) in [6.45, 7) is 6.92. The molecule has 0 spiro atoms. The Morgan fingerprint density at radius 3 is 2.86 bits per heavy atom. The first-order valence-electron chi connectivity index (χ1n) is 5.05. The molecule has 0 amide bonds. The molecule has 0 fully saturated rings. The van der Waals surface area contributed by atoms with E-state index in [2.05, 4.69) is 17.6 Å². The predicted octanol–water partition coefficient (Wildman–Crippen LogP) is 0.752. The minimum atomic E-state index is -0.212. The Morgan fingerprint density at radius 1 is 1.57 bits per heavy atom. The van der Waals surface area contributed by atoms with Gasteiger partial charge in [-0.3, -0.25) is 5.32 Å². The molecule has 0 bridgehead atoms. The number of nitrogens with one attached hydrogen (secondary N) is 2. The summed E-state index contributed by atoms with van der Waals surface area (Å²) in [4.78, 5) is 11.6. The molecule has 1 atom stereocenters. The highest BCUT2D eigenvalue weighted by molar-refractivity contribution is 5.90. The Hall–Kier alpha value is -1.03. The zero-order valence-corrected chi connectivity index (χ0v) is 9.02. The highest BCUT2D eigenvalue weighted by Gasteiger charge is 2.25. The lowest BCUT2D eigenvalue weighted by Crippen LogP contribution is -2.45. The highest BCUT2D eigenvalue weighted by atomic mass is 16.5. The van der Waals surface area contributed by atoms with Crippen LogP contribution in [0.3, 0.4) is 0 Å². The first-order chi connectivity index (χ1) is 6.70. The van der Waals surface area contributed by atoms with Crippen molar-refractivity contribution >= 4 is 5.97 Å². The van der Waals surface area contributed by atoms with Crippen molar-refractivity contribution in [3.63, 3.8) is 0 Å². The van der Waals surface area contributed by atoms with Crippen LogP contribution in [0.15, 0.2) is 11.3 Å². The average molecular weight is 198 g/mol. The van der Waals surface area contributed by atoms with Gasteiger partial charge in [-0.15, -0.1) is 0 Å². The lowest BCUT2D eigenvalue weighted by Gasteiger charge is -2.27. The van der Waals surface area contributed by atoms with Crippen LogP contribution in [0.4, 0.5) is 0 Å². The van der Waals surface area contributed by atoms with Crippen molar-refractivity contribution in [1.29, 1.82) is 0 Å². The van der Waals surface area contributed by atoms with Gasteiger partial charge >= 0.3 is 5.97 Å². The van der Waals surface area contributed by atoms with Gasteiger partial charge in [-0.25, -0.2) is 4.79 Å². The number of allylic oxidation sites excluding steroid dienone is 1. The van der Waals surface area contributed by atoms with Crippen molar-refractivity contribution in [3.8, 4) is 0 Å². The van der Waals surface area contributed by atoms with E-state index in [1.807, 2.05) is 13.8 Å². The quantitative estimate of drug-likeness (QED) is 0.657. The molecule has 14 heavy (non-hydrogen) atoms. The molecule has 0 radical (unpaired) electrons. The van der Waals surface area contributed by atoms with E-state index in [1.165, 1.54) is 0 Å². The van der Waals surface area contributed by atoms with Crippen molar-refractivity contribution in [2.24, 2.45) is 0 Å². The maximum absolute atomic E-state index is 11.6. The minimum Gasteiger partial charge on any atom is -0.463 e. The number of rotatable bonds is 3. The molecule has 1 aliphatic rings. The van der Waals surface area contributed by atoms with Crippen molar-refractivity contribution in [1.82, 2.24) is 10.6 Å². The molecule has 2 N–H and O–H groups in total. The first-order valence-corrected chi connectivity index (χ1v) is 5.05. The molecule has 80 valence electrons. The normalized spacial score (nSPS) is 21.8. The van der Waals surface area contributed by atoms with Crippen LogP contribution in [-0.2, 0) is 9.53 Å². The van der Waals surface area contributed by atoms with Gasteiger partial charge in [0.15, 0.2) is 0 Å². The molecule has 1 unspecified atom stereocenters. The Balaban J connectivity index is 2.82. The van der Waals surface area contributed by atoms with Crippen LogP contribution in [0, 0.1) is 0 Å². The van der Waals surface area contributed by atoms with E-state index in [-0.39, 0.29) is 12.0 Å². The van der Waals surface area contributed by atoms with Crippen LogP contribution in [0.2, 0.25) is 0 Å². The van der Waals surface area contributed by atoms with Gasteiger partial charge in [0, 0.05) is 11.7 Å². The summed E-state index contributed by atoms with van der Waals surface area (Å²) in [6, 6.07) is 0.121. The summed E-state index contributed by atoms with van der Waals surface area (Å²) in [5.74, 6) is -0.212. The number of carbonyl (C=O) groups is 1. The molecule has 0 aromatic heterocycles. The lowest BCUT2D eigenvalue weighted by molar-refractivity contribution is -0.139. The number of hydrogen-bond acceptors (Lipinski definition) is 4. The molecule has 1 heterocycles. The predicted molar refractivity (Wildman–Crippen MR) is 54.6 cm³/mol. The van der Waals surface area contributed by atoms with Gasteiger partial charge in [-0.05, 0) is 20.3 Å². The molecule has 0 saturated heterocycles. The van der Waals surface area contributed by atoms with Crippen LogP contribution in [0.5, 0.6) is 0 Å². The second kappa shape index (κ2) is 5.00. The summed E-state index contributed by atoms with van der Waals surface area (Å²) in [6.07, 6.45) is 0.896. The van der Waals surface area contributed by atoms with E-state index in [9.17, 15) is 4.79 Å². The van der Waals surface area contributed by atoms with Crippen molar-refractivity contribution in [2.75, 3.05) is 13.3 Å². The van der Waals surface area contributed by atoms with E-state index in [1.54, 1.807) is 0 Å². The van der Waals surface area contributed by atoms with Gasteiger partial charge in [0.05, 0.1) is 18.8 Å². The molecular formula is C10H18N2O2. The number of esters is 1. The Labute approximate surface area is 84.7 Å². The highest BCUT2D eigenvalue weighted by Crippen LogP contribution is 2.15. The maximum Gasteiger partial charge on any atom is 0.337 e. The third kappa shape index (κ3) is 2.26. The fraction of sp³-hybridized carbons (Fsp3) is 0.700. The fourth-order valence-corrected chi connectivity index (χ4v) is 1.62. The van der Waals surface area contributed by atoms with Gasteiger partial charge in [0.1, 0.15) is 0 Å². The van der Waals surface area contributed by atoms with Gasteiger partial charge < -0.3 is 10.1 Å². The zero-order chi connectivity index (χ0) is 10.6. The van der Waals surface area contributed by atoms with Crippen molar-refractivity contribution in [2.45, 2.75) is 33.2 Å². The standard InChI is InChI=1S/C10H18N2O2/c1-4-8-9(10(13)14-5-2)7(3)11-6-12-8/h8,11-12H,4-6H2,1-3H3. The van der Waals surface area contributed by atoms with Crippen LogP contribution in [0.25, 0.3) is 0 Å². The fourth-order valence-electron chi connectivity index (χ4n) is 1.62. The van der Waals surface area contributed by atoms with Crippen LogP contribution in [-0.4, -0.2) is 25.3 Å². The summed E-state index contributed by atoms with van der Waals surface area (Å²) in [7, 11) is 0. The van der Waals surface area contributed by atoms with Crippen LogP contribution < -0.4 is 10.6 Å². The van der Waals surface area contributed by atoms with Gasteiger partial charge in [0.25, 0.3) is 0 Å². The first kappa shape index (κ1) is 11.0. The van der Waals surface area contributed by atoms with Gasteiger partial charge in [-0.2, -0.15) is 0 Å². The minimum absolute atomic E-state index is 0.121. The summed E-state index contributed by atoms with van der Waals surface area (Å²) >= 11 is 0. The average Bonchev–Trinajstić information content (AvgIpc) is 2.17. The molecule has 4 nitrogen and oxygen atoms in total. The zero-order valence-electron chi connectivity index (χ0n) is 9.02. The maximum atomic E-state index is 11.6. The monoisotopic (exact) mass is 198 g/mol. The number of hydrogen-bond donors (Lipinski definition) is 2. The largest absolute Gasteiger partial charge is 0.463 e. The van der Waals surface area contributed by atoms with Crippen molar-refractivity contribution < 1.29 is 9.53 Å². The Morgan fingerprint density at radius 2 is 2.29 bits per heavy atom. The SMILES string of the molecule is CCOC(=O)C1=C(C)NCNC1CC. The third-order valence-corrected chi connectivity index (χ3v) is 2.36. The molecular weight excluding hydrogens is 180 g/mol. The van der Waals surface area contributed by atoms with Gasteiger partial charge in [-0.1, -0.05) is 6.92 Å². The second-order valence-electron chi connectivity index (χ2n) is 3.28. The molecule has 0 saturated carbocycles. The van der Waals surface area contributed by atoms with Crippen LogP contribution in [0.1, 0.15) is 27.2 Å². The van der Waals surface area contributed by atoms with E-state index < -0.39 is 0 Å². The van der Waals surface area contributed by atoms with E-state index in [4.69, 9.17) is 4.74 Å². The van der Waals surface area contributed by atoms with E-state index in [0.717, 1.165) is 17.7 Å². The third-order valence-electron chi connectivity index (χ3n) is 2.36. The molecule has 0 aromatic carbocycles. The van der Waals surface area contributed by atoms with E-state index >= 15 is 0 Å². The Bertz CT molecular complexity index is 249. The topological polar surface area (TPSA) is 50.4 Å². The smallest absolute Gasteiger partial charge is 0.337 e. The molecule has 0 aromatic rings. The molecule has 4 heteroatoms. The number of carbonyl (C=O) groups excluding carboxylic acids is 1.